The number of benzene rings is 2. The van der Waals surface area contributed by atoms with Crippen LogP contribution in [0.1, 0.15) is 53.9 Å². The van der Waals surface area contributed by atoms with E-state index >= 15 is 0 Å². The van der Waals surface area contributed by atoms with Gasteiger partial charge in [0.1, 0.15) is 11.9 Å². The second kappa shape index (κ2) is 16.1. The maximum Gasteiger partial charge on any atom is 0.259 e. The molecule has 0 saturated carbocycles. The Morgan fingerprint density at radius 2 is 1.60 bits per heavy atom. The van der Waals surface area contributed by atoms with Crippen molar-refractivity contribution in [3.8, 4) is 5.75 Å². The van der Waals surface area contributed by atoms with Gasteiger partial charge in [-0.1, -0.05) is 71.0 Å². The summed E-state index contributed by atoms with van der Waals surface area (Å²) in [6.45, 7) is 9.62. The Morgan fingerprint density at radius 3 is 2.25 bits per heavy atom. The SMILES string of the molecule is CC(C)CNC(=O)[C@H](C)C[C@H](O)[C@H](CC(C)C)NC(=O)C[C@H](NC(=O)COc1cccc2ccccc12)N([O-])O. The minimum Gasteiger partial charge on any atom is -0.761 e. The molecular formula is C29H43N4O7-. The van der Waals surface area contributed by atoms with Crippen molar-refractivity contribution >= 4 is 28.5 Å². The zero-order chi connectivity index (χ0) is 29.8. The summed E-state index contributed by atoms with van der Waals surface area (Å²) in [7, 11) is 0. The van der Waals surface area contributed by atoms with E-state index in [1.54, 1.807) is 19.1 Å². The molecule has 0 fully saturated rings. The fourth-order valence-corrected chi connectivity index (χ4v) is 4.25. The number of carbonyl (C=O) groups excluding carboxylic acids is 3. The molecule has 5 N–H and O–H groups in total. The molecule has 0 heterocycles. The predicted octanol–water partition coefficient (Wildman–Crippen LogP) is 2.93. The Morgan fingerprint density at radius 1 is 0.925 bits per heavy atom. The lowest BCUT2D eigenvalue weighted by Gasteiger charge is -2.32. The number of hydrogen-bond donors (Lipinski definition) is 5. The Kier molecular flexibility index (Phi) is 13.3. The topological polar surface area (TPSA) is 163 Å². The molecule has 2 aromatic rings. The second-order valence-electron chi connectivity index (χ2n) is 11.0. The van der Waals surface area contributed by atoms with Gasteiger partial charge in [0.15, 0.2) is 6.61 Å². The van der Waals surface area contributed by atoms with E-state index in [-0.39, 0.29) is 18.2 Å². The van der Waals surface area contributed by atoms with Crippen LogP contribution >= 0.6 is 0 Å². The standard InChI is InChI=1S/C29H43N4O7/c1-18(2)13-23(24(34)14-20(5)29(37)30-16-19(3)4)31-27(35)15-26(33(38)39)32-28(36)17-40-25-12-8-10-21-9-6-7-11-22(21)25/h6-12,18-20,23-24,26,34,38H,13-17H2,1-5H3,(H,30,37)(H,31,35)(H,32,36)/q-1/t20-,23+,24+,26-/m1/s1. The fourth-order valence-electron chi connectivity index (χ4n) is 4.25. The molecule has 2 rings (SSSR count). The van der Waals surface area contributed by atoms with Crippen LogP contribution in [0, 0.1) is 23.0 Å². The summed E-state index contributed by atoms with van der Waals surface area (Å²) >= 11 is 0. The van der Waals surface area contributed by atoms with Crippen molar-refractivity contribution in [2.45, 2.75) is 72.2 Å². The molecule has 0 aliphatic carbocycles. The number of carbonyl (C=O) groups is 3. The van der Waals surface area contributed by atoms with Crippen LogP contribution in [0.3, 0.4) is 0 Å². The molecule has 11 heteroatoms. The Labute approximate surface area is 235 Å². The molecule has 0 spiro atoms. The third-order valence-corrected chi connectivity index (χ3v) is 6.34. The number of nitrogens with one attached hydrogen (secondary N) is 3. The number of ether oxygens (including phenoxy) is 1. The van der Waals surface area contributed by atoms with E-state index in [2.05, 4.69) is 16.0 Å². The lowest BCUT2D eigenvalue weighted by molar-refractivity contribution is -0.139. The largest absolute Gasteiger partial charge is 0.761 e. The molecule has 0 aromatic heterocycles. The first-order valence-corrected chi connectivity index (χ1v) is 13.7. The molecule has 4 atom stereocenters. The van der Waals surface area contributed by atoms with Crippen molar-refractivity contribution in [2.75, 3.05) is 13.2 Å². The molecule has 11 nitrogen and oxygen atoms in total. The Balaban J connectivity index is 1.95. The van der Waals surface area contributed by atoms with Gasteiger partial charge < -0.3 is 36.2 Å². The molecule has 0 radical (unpaired) electrons. The second-order valence-corrected chi connectivity index (χ2v) is 11.0. The molecule has 40 heavy (non-hydrogen) atoms. The van der Waals surface area contributed by atoms with Gasteiger partial charge in [-0.3, -0.25) is 14.4 Å². The highest BCUT2D eigenvalue weighted by Gasteiger charge is 2.28. The summed E-state index contributed by atoms with van der Waals surface area (Å²) in [6, 6.07) is 12.2. The average Bonchev–Trinajstić information content (AvgIpc) is 2.89. The summed E-state index contributed by atoms with van der Waals surface area (Å²) in [6.07, 6.45) is -2.61. The van der Waals surface area contributed by atoms with Crippen molar-refractivity contribution < 1.29 is 29.4 Å². The third-order valence-electron chi connectivity index (χ3n) is 6.34. The zero-order valence-electron chi connectivity index (χ0n) is 23.9. The third kappa shape index (κ3) is 11.1. The van der Waals surface area contributed by atoms with Crippen LogP contribution in [0.25, 0.3) is 10.8 Å². The van der Waals surface area contributed by atoms with E-state index in [1.807, 2.05) is 58.0 Å². The van der Waals surface area contributed by atoms with Gasteiger partial charge in [-0.25, -0.2) is 5.23 Å². The van der Waals surface area contributed by atoms with Gasteiger partial charge in [0.05, 0.1) is 18.6 Å². The monoisotopic (exact) mass is 559 g/mol. The number of hydrogen-bond acceptors (Lipinski definition) is 8. The lowest BCUT2D eigenvalue weighted by atomic mass is 9.92. The number of aliphatic hydroxyl groups excluding tert-OH is 1. The fraction of sp³-hybridized carbons (Fsp3) is 0.552. The van der Waals surface area contributed by atoms with Crippen LogP contribution in [0.5, 0.6) is 5.75 Å². The number of amides is 3. The molecule has 0 aliphatic heterocycles. The predicted molar refractivity (Wildman–Crippen MR) is 152 cm³/mol. The molecule has 0 saturated heterocycles. The smallest absolute Gasteiger partial charge is 0.259 e. The lowest BCUT2D eigenvalue weighted by Crippen LogP contribution is -2.51. The summed E-state index contributed by atoms with van der Waals surface area (Å²) in [5.74, 6) is -1.15. The van der Waals surface area contributed by atoms with Crippen molar-refractivity contribution in [1.29, 1.82) is 0 Å². The van der Waals surface area contributed by atoms with E-state index in [1.165, 1.54) is 0 Å². The number of nitrogens with zero attached hydrogens (tertiary/aromatic N) is 1. The Bertz CT molecular complexity index is 1100. The molecule has 0 unspecified atom stereocenters. The van der Waals surface area contributed by atoms with E-state index in [0.717, 1.165) is 10.8 Å². The van der Waals surface area contributed by atoms with Crippen LogP contribution in [0.4, 0.5) is 0 Å². The number of rotatable bonds is 16. The zero-order valence-corrected chi connectivity index (χ0v) is 23.9. The van der Waals surface area contributed by atoms with E-state index in [4.69, 9.17) is 4.74 Å². The van der Waals surface area contributed by atoms with Crippen LogP contribution in [-0.2, 0) is 14.4 Å². The normalized spacial score (nSPS) is 14.6. The van der Waals surface area contributed by atoms with Gasteiger partial charge in [-0.2, -0.15) is 0 Å². The van der Waals surface area contributed by atoms with Gasteiger partial charge >= 0.3 is 0 Å². The first-order chi connectivity index (χ1) is 18.9. The summed E-state index contributed by atoms with van der Waals surface area (Å²) < 4.78 is 5.61. The van der Waals surface area contributed by atoms with Gasteiger partial charge in [0, 0.05) is 17.8 Å². The molecule has 2 aromatic carbocycles. The number of fused-ring (bicyclic) bond motifs is 1. The highest BCUT2D eigenvalue weighted by Crippen LogP contribution is 2.25. The quantitative estimate of drug-likeness (QED) is 0.155. The molecular weight excluding hydrogens is 516 g/mol. The van der Waals surface area contributed by atoms with E-state index in [9.17, 15) is 29.9 Å². The van der Waals surface area contributed by atoms with Gasteiger partial charge in [-0.05, 0) is 36.1 Å². The first kappa shape index (κ1) is 33.0. The Hall–Kier alpha value is -3.25. The average molecular weight is 560 g/mol. The highest BCUT2D eigenvalue weighted by molar-refractivity contribution is 5.88. The van der Waals surface area contributed by atoms with Crippen LogP contribution in [0.2, 0.25) is 0 Å². The molecule has 0 bridgehead atoms. The van der Waals surface area contributed by atoms with E-state index in [0.29, 0.717) is 24.6 Å². The van der Waals surface area contributed by atoms with Crippen LogP contribution in [0.15, 0.2) is 42.5 Å². The maximum atomic E-state index is 12.8. The van der Waals surface area contributed by atoms with Gasteiger partial charge in [-0.15, -0.1) is 0 Å². The summed E-state index contributed by atoms with van der Waals surface area (Å²) in [5, 5.41) is 41.2. The maximum absolute atomic E-state index is 12.8. The van der Waals surface area contributed by atoms with Crippen LogP contribution in [-0.4, -0.2) is 64.7 Å². The summed E-state index contributed by atoms with van der Waals surface area (Å²) in [5.41, 5.74) is 0. The number of hydroxylamine groups is 2. The minimum atomic E-state index is -1.57. The molecule has 0 aliphatic rings. The van der Waals surface area contributed by atoms with Crippen molar-refractivity contribution in [3.05, 3.63) is 47.7 Å². The first-order valence-electron chi connectivity index (χ1n) is 13.7. The highest BCUT2D eigenvalue weighted by atomic mass is 16.8. The number of aliphatic hydroxyl groups is 1. The van der Waals surface area contributed by atoms with Crippen molar-refractivity contribution in [2.24, 2.45) is 17.8 Å². The van der Waals surface area contributed by atoms with Gasteiger partial charge in [0.2, 0.25) is 11.8 Å². The van der Waals surface area contributed by atoms with Crippen LogP contribution < -0.4 is 20.7 Å². The van der Waals surface area contributed by atoms with E-state index < -0.39 is 54.3 Å². The minimum absolute atomic E-state index is 0.112. The molecule has 3 amide bonds. The van der Waals surface area contributed by atoms with Crippen molar-refractivity contribution in [1.82, 2.24) is 21.2 Å². The van der Waals surface area contributed by atoms with Gasteiger partial charge in [0.25, 0.3) is 5.91 Å². The molecule has 222 valence electrons. The van der Waals surface area contributed by atoms with Crippen molar-refractivity contribution in [3.63, 3.8) is 0 Å². The summed E-state index contributed by atoms with van der Waals surface area (Å²) in [4.78, 5) is 37.6.